The van der Waals surface area contributed by atoms with Gasteiger partial charge in [0.25, 0.3) is 0 Å². The van der Waals surface area contributed by atoms with Crippen molar-refractivity contribution < 1.29 is 5.11 Å². The van der Waals surface area contributed by atoms with E-state index in [0.29, 0.717) is 6.42 Å². The molecule has 0 aliphatic carbocycles. The summed E-state index contributed by atoms with van der Waals surface area (Å²) in [5, 5.41) is 12.9. The van der Waals surface area contributed by atoms with Crippen LogP contribution < -0.4 is 5.32 Å². The maximum absolute atomic E-state index is 9.99. The molecule has 0 spiro atoms. The second-order valence-electron chi connectivity index (χ2n) is 2.83. The molecule has 2 N–H and O–H groups in total. The highest BCUT2D eigenvalue weighted by Crippen LogP contribution is 2.20. The van der Waals surface area contributed by atoms with E-state index in [0.717, 1.165) is 5.56 Å². The summed E-state index contributed by atoms with van der Waals surface area (Å²) in [5.74, 6) is 0. The van der Waals surface area contributed by atoms with Crippen LogP contribution in [0.4, 0.5) is 0 Å². The Labute approximate surface area is 73.2 Å². The van der Waals surface area contributed by atoms with Crippen molar-refractivity contribution in [3.05, 3.63) is 35.9 Å². The summed E-state index contributed by atoms with van der Waals surface area (Å²) in [6, 6.07) is 9.62. The highest BCUT2D eigenvalue weighted by atomic mass is 16.3. The van der Waals surface area contributed by atoms with Gasteiger partial charge in [0.15, 0.2) is 0 Å². The van der Waals surface area contributed by atoms with Gasteiger partial charge in [-0.05, 0) is 19.0 Å². The molecule has 12 heavy (non-hydrogen) atoms. The van der Waals surface area contributed by atoms with Crippen LogP contribution in [0.25, 0.3) is 0 Å². The van der Waals surface area contributed by atoms with Crippen molar-refractivity contribution in [2.75, 3.05) is 7.05 Å². The van der Waals surface area contributed by atoms with E-state index in [-0.39, 0.29) is 0 Å². The molecule has 0 heterocycles. The Morgan fingerprint density at radius 1 is 1.33 bits per heavy atom. The zero-order valence-electron chi connectivity index (χ0n) is 7.54. The van der Waals surface area contributed by atoms with Crippen LogP contribution in [-0.4, -0.2) is 12.2 Å². The summed E-state index contributed by atoms with van der Waals surface area (Å²) in [4.78, 5) is 0. The number of benzene rings is 1. The third-order valence-electron chi connectivity index (χ3n) is 2.18. The fraction of sp³-hybridized carbons (Fsp3) is 0.400. The van der Waals surface area contributed by atoms with Crippen LogP contribution in [0.1, 0.15) is 18.9 Å². The molecule has 1 rings (SSSR count). The predicted molar refractivity (Wildman–Crippen MR) is 49.7 cm³/mol. The molecule has 1 atom stereocenters. The molecule has 0 radical (unpaired) electrons. The van der Waals surface area contributed by atoms with Gasteiger partial charge in [0.2, 0.25) is 0 Å². The second-order valence-corrected chi connectivity index (χ2v) is 2.83. The monoisotopic (exact) mass is 165 g/mol. The van der Waals surface area contributed by atoms with Gasteiger partial charge in [0.1, 0.15) is 5.72 Å². The van der Waals surface area contributed by atoms with Crippen LogP contribution in [-0.2, 0) is 5.72 Å². The predicted octanol–water partition coefficient (Wildman–Crippen LogP) is 1.46. The first kappa shape index (κ1) is 9.23. The third kappa shape index (κ3) is 1.65. The van der Waals surface area contributed by atoms with Crippen LogP contribution in [0.2, 0.25) is 0 Å². The Balaban J connectivity index is 2.95. The molecule has 0 saturated heterocycles. The molecule has 0 fully saturated rings. The zero-order valence-corrected chi connectivity index (χ0v) is 7.54. The molecular weight excluding hydrogens is 150 g/mol. The summed E-state index contributed by atoms with van der Waals surface area (Å²) in [5.41, 5.74) is 0.0383. The zero-order chi connectivity index (χ0) is 9.03. The van der Waals surface area contributed by atoms with Crippen molar-refractivity contribution in [1.82, 2.24) is 5.32 Å². The molecule has 0 amide bonds. The van der Waals surface area contributed by atoms with E-state index in [4.69, 9.17) is 0 Å². The quantitative estimate of drug-likeness (QED) is 0.665. The van der Waals surface area contributed by atoms with Gasteiger partial charge in [-0.25, -0.2) is 0 Å². The lowest BCUT2D eigenvalue weighted by Gasteiger charge is -2.26. The molecule has 0 aromatic heterocycles. The van der Waals surface area contributed by atoms with E-state index in [1.165, 1.54) is 0 Å². The Hall–Kier alpha value is -0.860. The van der Waals surface area contributed by atoms with Gasteiger partial charge in [0, 0.05) is 0 Å². The van der Waals surface area contributed by atoms with E-state index in [1.54, 1.807) is 7.05 Å². The normalized spacial score (nSPS) is 15.6. The molecule has 0 saturated carbocycles. The molecule has 0 bridgehead atoms. The lowest BCUT2D eigenvalue weighted by Crippen LogP contribution is -2.38. The molecule has 1 aromatic rings. The fourth-order valence-electron chi connectivity index (χ4n) is 1.24. The van der Waals surface area contributed by atoms with Crippen molar-refractivity contribution in [3.63, 3.8) is 0 Å². The van der Waals surface area contributed by atoms with E-state index in [1.807, 2.05) is 37.3 Å². The average Bonchev–Trinajstić information content (AvgIpc) is 2.18. The lowest BCUT2D eigenvalue weighted by atomic mass is 10.0. The molecule has 0 aliphatic rings. The second kappa shape index (κ2) is 3.70. The summed E-state index contributed by atoms with van der Waals surface area (Å²) in [6.45, 7) is 1.95. The first-order valence-electron chi connectivity index (χ1n) is 4.19. The number of nitrogens with one attached hydrogen (secondary N) is 1. The Morgan fingerprint density at radius 3 is 2.33 bits per heavy atom. The fourth-order valence-corrected chi connectivity index (χ4v) is 1.24. The maximum atomic E-state index is 9.99. The molecule has 1 aromatic carbocycles. The van der Waals surface area contributed by atoms with E-state index in [9.17, 15) is 5.11 Å². The topological polar surface area (TPSA) is 32.3 Å². The lowest BCUT2D eigenvalue weighted by molar-refractivity contribution is 0.00413. The molecule has 2 heteroatoms. The van der Waals surface area contributed by atoms with Crippen LogP contribution >= 0.6 is 0 Å². The van der Waals surface area contributed by atoms with Crippen molar-refractivity contribution in [3.8, 4) is 0 Å². The van der Waals surface area contributed by atoms with Gasteiger partial charge in [-0.15, -0.1) is 0 Å². The first-order chi connectivity index (χ1) is 5.73. The van der Waals surface area contributed by atoms with Crippen molar-refractivity contribution in [2.24, 2.45) is 0 Å². The number of hydrogen-bond acceptors (Lipinski definition) is 2. The summed E-state index contributed by atoms with van der Waals surface area (Å²) >= 11 is 0. The number of rotatable bonds is 3. The van der Waals surface area contributed by atoms with Crippen molar-refractivity contribution in [2.45, 2.75) is 19.1 Å². The third-order valence-corrected chi connectivity index (χ3v) is 2.18. The largest absolute Gasteiger partial charge is 0.372 e. The SMILES string of the molecule is CC[C@](O)(NC)c1ccccc1. The van der Waals surface area contributed by atoms with Crippen molar-refractivity contribution in [1.29, 1.82) is 0 Å². The van der Waals surface area contributed by atoms with Gasteiger partial charge >= 0.3 is 0 Å². The Bertz CT molecular complexity index is 229. The molecule has 2 nitrogen and oxygen atoms in total. The van der Waals surface area contributed by atoms with Crippen LogP contribution in [0.5, 0.6) is 0 Å². The summed E-state index contributed by atoms with van der Waals surface area (Å²) < 4.78 is 0. The first-order valence-corrected chi connectivity index (χ1v) is 4.19. The Morgan fingerprint density at radius 2 is 1.92 bits per heavy atom. The van der Waals surface area contributed by atoms with E-state index >= 15 is 0 Å². The summed E-state index contributed by atoms with van der Waals surface area (Å²) in [7, 11) is 1.76. The van der Waals surface area contributed by atoms with Gasteiger partial charge < -0.3 is 5.11 Å². The van der Waals surface area contributed by atoms with Gasteiger partial charge in [0.05, 0.1) is 0 Å². The van der Waals surface area contributed by atoms with Crippen LogP contribution in [0.15, 0.2) is 30.3 Å². The van der Waals surface area contributed by atoms with Gasteiger partial charge in [-0.3, -0.25) is 5.32 Å². The number of aliphatic hydroxyl groups is 1. The van der Waals surface area contributed by atoms with Gasteiger partial charge in [-0.2, -0.15) is 0 Å². The van der Waals surface area contributed by atoms with Crippen LogP contribution in [0.3, 0.4) is 0 Å². The van der Waals surface area contributed by atoms with E-state index < -0.39 is 5.72 Å². The minimum atomic E-state index is -0.874. The molecule has 0 aliphatic heterocycles. The minimum Gasteiger partial charge on any atom is -0.372 e. The highest BCUT2D eigenvalue weighted by molar-refractivity contribution is 5.21. The Kier molecular flexibility index (Phi) is 2.84. The van der Waals surface area contributed by atoms with E-state index in [2.05, 4.69) is 5.32 Å². The smallest absolute Gasteiger partial charge is 0.141 e. The van der Waals surface area contributed by atoms with Gasteiger partial charge in [-0.1, -0.05) is 37.3 Å². The molecular formula is C10H15NO. The van der Waals surface area contributed by atoms with Crippen LogP contribution in [0, 0.1) is 0 Å². The summed E-state index contributed by atoms with van der Waals surface area (Å²) in [6.07, 6.45) is 0.660. The maximum Gasteiger partial charge on any atom is 0.141 e. The number of hydrogen-bond donors (Lipinski definition) is 2. The minimum absolute atomic E-state index is 0.660. The standard InChI is InChI=1S/C10H15NO/c1-3-10(12,11-2)9-7-5-4-6-8-9/h4-8,11-12H,3H2,1-2H3/t10-/m1/s1. The average molecular weight is 165 g/mol. The van der Waals surface area contributed by atoms with Crippen molar-refractivity contribution >= 4 is 0 Å². The highest BCUT2D eigenvalue weighted by Gasteiger charge is 2.23. The molecule has 0 unspecified atom stereocenters. The molecule has 66 valence electrons.